The molecule has 0 bridgehead atoms. The Bertz CT molecular complexity index is 522. The largest absolute Gasteiger partial charge is 0.707 e. The minimum absolute atomic E-state index is 0.0910. The Morgan fingerprint density at radius 3 is 2.00 bits per heavy atom. The van der Waals surface area contributed by atoms with Gasteiger partial charge in [-0.25, -0.2) is 0 Å². The van der Waals surface area contributed by atoms with Crippen LogP contribution in [0.2, 0.25) is 0 Å². The lowest BCUT2D eigenvalue weighted by Gasteiger charge is -2.05. The standard InChI is InChI=1S/C13H11BO4/c15-13(10-4-2-1-3-5-10)11-6-8-12(9-7-11)18-14(16)17/h1-9,16-17H. The van der Waals surface area contributed by atoms with Crippen LogP contribution < -0.4 is 4.65 Å². The van der Waals surface area contributed by atoms with E-state index in [1.54, 1.807) is 36.4 Å². The predicted octanol–water partition coefficient (Wildman–Crippen LogP) is 1.27. The second kappa shape index (κ2) is 5.49. The van der Waals surface area contributed by atoms with Gasteiger partial charge in [0, 0.05) is 11.1 Å². The number of carbonyl (C=O) groups is 1. The van der Waals surface area contributed by atoms with E-state index >= 15 is 0 Å². The molecule has 0 spiro atoms. The summed E-state index contributed by atoms with van der Waals surface area (Å²) < 4.78 is 4.65. The molecule has 2 aromatic rings. The average molecular weight is 242 g/mol. The predicted molar refractivity (Wildman–Crippen MR) is 67.1 cm³/mol. The van der Waals surface area contributed by atoms with Gasteiger partial charge in [-0.05, 0) is 24.3 Å². The van der Waals surface area contributed by atoms with Gasteiger partial charge in [-0.15, -0.1) is 0 Å². The number of ketones is 1. The summed E-state index contributed by atoms with van der Waals surface area (Å²) in [6.07, 6.45) is 0. The molecule has 0 atom stereocenters. The van der Waals surface area contributed by atoms with Crippen LogP contribution in [-0.2, 0) is 0 Å². The van der Waals surface area contributed by atoms with E-state index in [0.717, 1.165) is 0 Å². The van der Waals surface area contributed by atoms with Gasteiger partial charge in [-0.2, -0.15) is 0 Å². The first kappa shape index (κ1) is 12.4. The van der Waals surface area contributed by atoms with Gasteiger partial charge in [0.05, 0.1) is 0 Å². The minimum atomic E-state index is -1.86. The van der Waals surface area contributed by atoms with E-state index in [9.17, 15) is 4.79 Å². The third kappa shape index (κ3) is 2.97. The van der Waals surface area contributed by atoms with Crippen molar-refractivity contribution < 1.29 is 19.5 Å². The lowest BCUT2D eigenvalue weighted by molar-refractivity contribution is 0.103. The zero-order chi connectivity index (χ0) is 13.0. The molecule has 0 radical (unpaired) electrons. The maximum atomic E-state index is 12.0. The number of hydrogen-bond acceptors (Lipinski definition) is 4. The van der Waals surface area contributed by atoms with E-state index in [-0.39, 0.29) is 11.5 Å². The van der Waals surface area contributed by atoms with Crippen LogP contribution in [0.1, 0.15) is 15.9 Å². The molecule has 0 fully saturated rings. The summed E-state index contributed by atoms with van der Waals surface area (Å²) in [5.41, 5.74) is 1.12. The molecule has 18 heavy (non-hydrogen) atoms. The van der Waals surface area contributed by atoms with Crippen LogP contribution in [0.4, 0.5) is 0 Å². The highest BCUT2D eigenvalue weighted by Gasteiger charge is 2.12. The van der Waals surface area contributed by atoms with Crippen molar-refractivity contribution in [2.75, 3.05) is 0 Å². The van der Waals surface area contributed by atoms with E-state index in [1.165, 1.54) is 12.1 Å². The molecular formula is C13H11BO4. The monoisotopic (exact) mass is 242 g/mol. The third-order valence-corrected chi connectivity index (χ3v) is 2.39. The third-order valence-electron chi connectivity index (χ3n) is 2.39. The molecule has 0 aliphatic heterocycles. The van der Waals surface area contributed by atoms with E-state index in [0.29, 0.717) is 11.1 Å². The summed E-state index contributed by atoms with van der Waals surface area (Å²) in [7, 11) is -1.86. The molecule has 0 saturated carbocycles. The fourth-order valence-electron chi connectivity index (χ4n) is 1.56. The molecule has 0 aliphatic carbocycles. The number of hydrogen-bond donors (Lipinski definition) is 2. The van der Waals surface area contributed by atoms with Crippen molar-refractivity contribution in [3.05, 3.63) is 65.7 Å². The second-order valence-corrected chi connectivity index (χ2v) is 3.66. The molecule has 2 aromatic carbocycles. The fourth-order valence-corrected chi connectivity index (χ4v) is 1.56. The first-order chi connectivity index (χ1) is 8.66. The molecular weight excluding hydrogens is 231 g/mol. The molecule has 0 saturated heterocycles. The van der Waals surface area contributed by atoms with Gasteiger partial charge in [0.15, 0.2) is 5.78 Å². The second-order valence-electron chi connectivity index (χ2n) is 3.66. The van der Waals surface area contributed by atoms with Crippen molar-refractivity contribution >= 4 is 13.1 Å². The normalized spacial score (nSPS) is 9.89. The topological polar surface area (TPSA) is 66.8 Å². The molecule has 0 unspecified atom stereocenters. The summed E-state index contributed by atoms with van der Waals surface area (Å²) >= 11 is 0. The molecule has 90 valence electrons. The lowest BCUT2D eigenvalue weighted by atomic mass is 10.0. The van der Waals surface area contributed by atoms with Crippen LogP contribution >= 0.6 is 0 Å². The summed E-state index contributed by atoms with van der Waals surface area (Å²) in [4.78, 5) is 12.0. The van der Waals surface area contributed by atoms with Crippen molar-refractivity contribution in [2.24, 2.45) is 0 Å². The van der Waals surface area contributed by atoms with Gasteiger partial charge in [0.2, 0.25) is 0 Å². The SMILES string of the molecule is O=C(c1ccccc1)c1ccc(OB(O)O)cc1. The Hall–Kier alpha value is -2.11. The van der Waals surface area contributed by atoms with Gasteiger partial charge in [-0.3, -0.25) is 4.79 Å². The summed E-state index contributed by atoms with van der Waals surface area (Å²) in [6.45, 7) is 0. The molecule has 0 aromatic heterocycles. The smallest absolute Gasteiger partial charge is 0.512 e. The summed E-state index contributed by atoms with van der Waals surface area (Å²) in [5.74, 6) is 0.196. The first-order valence-electron chi connectivity index (χ1n) is 5.39. The van der Waals surface area contributed by atoms with Crippen molar-refractivity contribution in [1.29, 1.82) is 0 Å². The van der Waals surface area contributed by atoms with Gasteiger partial charge in [-0.1, -0.05) is 30.3 Å². The molecule has 0 heterocycles. The van der Waals surface area contributed by atoms with Gasteiger partial charge >= 0.3 is 7.32 Å². The van der Waals surface area contributed by atoms with E-state index in [4.69, 9.17) is 10.0 Å². The zero-order valence-corrected chi connectivity index (χ0v) is 9.48. The van der Waals surface area contributed by atoms with Crippen LogP contribution in [0.15, 0.2) is 54.6 Å². The van der Waals surface area contributed by atoms with Crippen LogP contribution in [0, 0.1) is 0 Å². The lowest BCUT2D eigenvalue weighted by Crippen LogP contribution is -2.20. The van der Waals surface area contributed by atoms with E-state index < -0.39 is 7.32 Å². The van der Waals surface area contributed by atoms with Gasteiger partial charge in [0.25, 0.3) is 0 Å². The highest BCUT2D eigenvalue weighted by molar-refractivity contribution is 6.33. The maximum absolute atomic E-state index is 12.0. The summed E-state index contributed by atoms with van der Waals surface area (Å²) in [6, 6.07) is 15.1. The zero-order valence-electron chi connectivity index (χ0n) is 9.48. The quantitative estimate of drug-likeness (QED) is 0.625. The Labute approximate surface area is 105 Å². The molecule has 5 heteroatoms. The Balaban J connectivity index is 2.17. The number of benzene rings is 2. The van der Waals surface area contributed by atoms with Crippen LogP contribution in [-0.4, -0.2) is 23.2 Å². The Morgan fingerprint density at radius 1 is 0.889 bits per heavy atom. The van der Waals surface area contributed by atoms with Crippen molar-refractivity contribution in [3.8, 4) is 5.75 Å². The summed E-state index contributed by atoms with van der Waals surface area (Å²) in [5, 5.41) is 17.3. The number of rotatable bonds is 4. The van der Waals surface area contributed by atoms with Crippen LogP contribution in [0.3, 0.4) is 0 Å². The molecule has 0 aliphatic rings. The molecule has 0 amide bonds. The van der Waals surface area contributed by atoms with Gasteiger partial charge < -0.3 is 14.7 Å². The maximum Gasteiger partial charge on any atom is 0.707 e. The van der Waals surface area contributed by atoms with Crippen LogP contribution in [0.5, 0.6) is 5.75 Å². The van der Waals surface area contributed by atoms with Crippen molar-refractivity contribution in [1.82, 2.24) is 0 Å². The molecule has 2 rings (SSSR count). The number of carbonyl (C=O) groups excluding carboxylic acids is 1. The molecule has 4 nitrogen and oxygen atoms in total. The van der Waals surface area contributed by atoms with E-state index in [2.05, 4.69) is 4.65 Å². The van der Waals surface area contributed by atoms with Gasteiger partial charge in [0.1, 0.15) is 5.75 Å². The Kier molecular flexibility index (Phi) is 3.77. The average Bonchev–Trinajstić information content (AvgIpc) is 2.39. The minimum Gasteiger partial charge on any atom is -0.512 e. The highest BCUT2D eigenvalue weighted by Crippen LogP contribution is 2.15. The van der Waals surface area contributed by atoms with Crippen LogP contribution in [0.25, 0.3) is 0 Å². The van der Waals surface area contributed by atoms with E-state index in [1.807, 2.05) is 6.07 Å². The van der Waals surface area contributed by atoms with Crippen molar-refractivity contribution in [2.45, 2.75) is 0 Å². The van der Waals surface area contributed by atoms with Crippen molar-refractivity contribution in [3.63, 3.8) is 0 Å². The molecule has 2 N–H and O–H groups in total. The highest BCUT2D eigenvalue weighted by atomic mass is 16.6. The Morgan fingerprint density at radius 2 is 1.44 bits per heavy atom. The fraction of sp³-hybridized carbons (Fsp3) is 0. The first-order valence-corrected chi connectivity index (χ1v) is 5.39.